The quantitative estimate of drug-likeness (QED) is 0.825. The Hall–Kier alpha value is -2.20. The maximum atomic E-state index is 12.5. The van der Waals surface area contributed by atoms with E-state index in [0.717, 1.165) is 42.9 Å². The number of likely N-dealkylation sites (tertiary alicyclic amines) is 1. The van der Waals surface area contributed by atoms with E-state index in [1.54, 1.807) is 0 Å². The summed E-state index contributed by atoms with van der Waals surface area (Å²) in [4.78, 5) is 14.4. The molecule has 0 spiro atoms. The predicted octanol–water partition coefficient (Wildman–Crippen LogP) is 3.92. The van der Waals surface area contributed by atoms with Gasteiger partial charge >= 0.3 is 0 Å². The lowest BCUT2D eigenvalue weighted by Gasteiger charge is -2.32. The summed E-state index contributed by atoms with van der Waals surface area (Å²) < 4.78 is 6.10. The van der Waals surface area contributed by atoms with Crippen LogP contribution in [0.5, 0.6) is 5.75 Å². The Bertz CT molecular complexity index is 738. The van der Waals surface area contributed by atoms with Gasteiger partial charge in [0, 0.05) is 31.6 Å². The third-order valence-electron chi connectivity index (χ3n) is 4.91. The number of benzene rings is 2. The number of aryl methyl sites for hydroxylation is 2. The molecule has 1 fully saturated rings. The van der Waals surface area contributed by atoms with E-state index in [1.165, 1.54) is 11.1 Å². The maximum Gasteiger partial charge on any atom is 0.226 e. The van der Waals surface area contributed by atoms with Crippen molar-refractivity contribution in [1.82, 2.24) is 4.90 Å². The number of ether oxygens (including phenoxy) is 1. The Morgan fingerprint density at radius 2 is 1.73 bits per heavy atom. The molecular formula is C21H27ClN2O2. The summed E-state index contributed by atoms with van der Waals surface area (Å²) in [6.07, 6.45) is 2.37. The van der Waals surface area contributed by atoms with Crippen LogP contribution in [0.3, 0.4) is 0 Å². The van der Waals surface area contributed by atoms with Gasteiger partial charge in [0.1, 0.15) is 11.9 Å². The second-order valence-electron chi connectivity index (χ2n) is 6.86. The molecule has 2 aromatic rings. The Morgan fingerprint density at radius 1 is 1.08 bits per heavy atom. The van der Waals surface area contributed by atoms with Crippen molar-refractivity contribution in [2.75, 3.05) is 18.8 Å². The molecule has 0 aromatic heterocycles. The lowest BCUT2D eigenvalue weighted by molar-refractivity contribution is -0.132. The summed E-state index contributed by atoms with van der Waals surface area (Å²) in [5.74, 6) is 1.10. The van der Waals surface area contributed by atoms with E-state index >= 15 is 0 Å². The molecule has 2 N–H and O–H groups in total. The number of halogens is 1. The van der Waals surface area contributed by atoms with Crippen molar-refractivity contribution >= 4 is 24.0 Å². The average molecular weight is 375 g/mol. The molecule has 0 atom stereocenters. The second-order valence-corrected chi connectivity index (χ2v) is 6.86. The molecule has 0 unspecified atom stereocenters. The molecule has 0 bridgehead atoms. The second kappa shape index (κ2) is 8.95. The number of piperidine rings is 1. The van der Waals surface area contributed by atoms with Crippen molar-refractivity contribution in [1.29, 1.82) is 0 Å². The van der Waals surface area contributed by atoms with Crippen LogP contribution in [0.25, 0.3) is 0 Å². The maximum absolute atomic E-state index is 12.5. The van der Waals surface area contributed by atoms with Crippen LogP contribution >= 0.6 is 12.4 Å². The molecule has 0 aliphatic carbocycles. The van der Waals surface area contributed by atoms with E-state index in [2.05, 4.69) is 26.0 Å². The molecule has 1 heterocycles. The highest BCUT2D eigenvalue weighted by Gasteiger charge is 2.24. The normalized spacial score (nSPS) is 14.6. The van der Waals surface area contributed by atoms with Crippen LogP contribution in [0.4, 0.5) is 5.69 Å². The van der Waals surface area contributed by atoms with Crippen LogP contribution in [0.1, 0.15) is 29.5 Å². The first-order valence-corrected chi connectivity index (χ1v) is 8.87. The highest BCUT2D eigenvalue weighted by atomic mass is 35.5. The molecule has 3 rings (SSSR count). The van der Waals surface area contributed by atoms with Crippen LogP contribution in [0.15, 0.2) is 42.5 Å². The van der Waals surface area contributed by atoms with Crippen molar-refractivity contribution in [3.8, 4) is 5.75 Å². The van der Waals surface area contributed by atoms with Gasteiger partial charge in [-0.1, -0.05) is 18.2 Å². The van der Waals surface area contributed by atoms with E-state index in [4.69, 9.17) is 10.5 Å². The smallest absolute Gasteiger partial charge is 0.226 e. The molecular weight excluding hydrogens is 348 g/mol. The number of carbonyl (C=O) groups is 1. The number of rotatable bonds is 4. The number of anilines is 1. The largest absolute Gasteiger partial charge is 0.490 e. The number of carbonyl (C=O) groups excluding carboxylic acids is 1. The molecule has 0 saturated carbocycles. The van der Waals surface area contributed by atoms with Gasteiger partial charge in [-0.3, -0.25) is 4.79 Å². The first-order valence-electron chi connectivity index (χ1n) is 8.87. The Kier molecular flexibility index (Phi) is 6.92. The van der Waals surface area contributed by atoms with Gasteiger partial charge in [0.05, 0.1) is 6.42 Å². The summed E-state index contributed by atoms with van der Waals surface area (Å²) >= 11 is 0. The van der Waals surface area contributed by atoms with Crippen molar-refractivity contribution in [2.45, 2.75) is 39.2 Å². The molecule has 5 heteroatoms. The number of nitrogen functional groups attached to an aromatic ring is 1. The van der Waals surface area contributed by atoms with Gasteiger partial charge in [-0.25, -0.2) is 0 Å². The molecule has 140 valence electrons. The minimum Gasteiger partial charge on any atom is -0.490 e. The standard InChI is InChI=1S/C21H26N2O2.ClH/c1-15-3-8-20(13-16(15)2)25-19-9-11-23(12-10-19)21(24)14-17-4-6-18(22)7-5-17;/h3-8,13,19H,9-12,14,22H2,1-2H3;1H. The first kappa shape index (κ1) is 20.1. The minimum atomic E-state index is 0. The van der Waals surface area contributed by atoms with E-state index in [0.29, 0.717) is 6.42 Å². The first-order chi connectivity index (χ1) is 12.0. The Balaban J connectivity index is 0.00000243. The fourth-order valence-electron chi connectivity index (χ4n) is 3.12. The fraction of sp³-hybridized carbons (Fsp3) is 0.381. The zero-order chi connectivity index (χ0) is 17.8. The fourth-order valence-corrected chi connectivity index (χ4v) is 3.12. The lowest BCUT2D eigenvalue weighted by Crippen LogP contribution is -2.42. The lowest BCUT2D eigenvalue weighted by atomic mass is 10.1. The Morgan fingerprint density at radius 3 is 2.35 bits per heavy atom. The van der Waals surface area contributed by atoms with E-state index in [-0.39, 0.29) is 24.4 Å². The van der Waals surface area contributed by atoms with Gasteiger partial charge in [0.25, 0.3) is 0 Å². The molecule has 4 nitrogen and oxygen atoms in total. The zero-order valence-corrected chi connectivity index (χ0v) is 16.2. The van der Waals surface area contributed by atoms with Gasteiger partial charge in [0.15, 0.2) is 0 Å². The van der Waals surface area contributed by atoms with Gasteiger partial charge in [-0.15, -0.1) is 12.4 Å². The van der Waals surface area contributed by atoms with Gasteiger partial charge in [0.2, 0.25) is 5.91 Å². The van der Waals surface area contributed by atoms with Crippen LogP contribution in [-0.2, 0) is 11.2 Å². The van der Waals surface area contributed by atoms with E-state index in [1.807, 2.05) is 35.2 Å². The molecule has 0 radical (unpaired) electrons. The topological polar surface area (TPSA) is 55.6 Å². The summed E-state index contributed by atoms with van der Waals surface area (Å²) in [6, 6.07) is 13.7. The summed E-state index contributed by atoms with van der Waals surface area (Å²) in [5.41, 5.74) is 9.93. The van der Waals surface area contributed by atoms with Gasteiger partial charge < -0.3 is 15.4 Å². The van der Waals surface area contributed by atoms with Crippen LogP contribution < -0.4 is 10.5 Å². The van der Waals surface area contributed by atoms with Crippen molar-refractivity contribution < 1.29 is 9.53 Å². The number of amides is 1. The molecule has 26 heavy (non-hydrogen) atoms. The predicted molar refractivity (Wildman–Crippen MR) is 108 cm³/mol. The molecule has 1 aliphatic heterocycles. The molecule has 2 aromatic carbocycles. The number of nitrogens with zero attached hydrogens (tertiary/aromatic N) is 1. The van der Waals surface area contributed by atoms with Crippen LogP contribution in [-0.4, -0.2) is 30.0 Å². The zero-order valence-electron chi connectivity index (χ0n) is 15.4. The molecule has 1 aliphatic rings. The average Bonchev–Trinajstić information content (AvgIpc) is 2.61. The van der Waals surface area contributed by atoms with Crippen LogP contribution in [0, 0.1) is 13.8 Å². The van der Waals surface area contributed by atoms with Crippen molar-refractivity contribution in [2.24, 2.45) is 0 Å². The SMILES string of the molecule is Cc1ccc(OC2CCN(C(=O)Cc3ccc(N)cc3)CC2)cc1C.Cl. The van der Waals surface area contributed by atoms with Gasteiger partial charge in [-0.05, 0) is 54.8 Å². The highest BCUT2D eigenvalue weighted by molar-refractivity contribution is 5.85. The van der Waals surface area contributed by atoms with E-state index < -0.39 is 0 Å². The molecule has 1 saturated heterocycles. The number of nitrogens with two attached hydrogens (primary N) is 1. The molecule has 1 amide bonds. The van der Waals surface area contributed by atoms with Crippen LogP contribution in [0.2, 0.25) is 0 Å². The van der Waals surface area contributed by atoms with Gasteiger partial charge in [-0.2, -0.15) is 0 Å². The third kappa shape index (κ3) is 5.15. The van der Waals surface area contributed by atoms with Crippen molar-refractivity contribution in [3.63, 3.8) is 0 Å². The van der Waals surface area contributed by atoms with Crippen molar-refractivity contribution in [3.05, 3.63) is 59.2 Å². The number of hydrogen-bond donors (Lipinski definition) is 1. The summed E-state index contributed by atoms with van der Waals surface area (Å²) in [7, 11) is 0. The third-order valence-corrected chi connectivity index (χ3v) is 4.91. The minimum absolute atomic E-state index is 0. The monoisotopic (exact) mass is 374 g/mol. The Labute approximate surface area is 161 Å². The van der Waals surface area contributed by atoms with E-state index in [9.17, 15) is 4.79 Å². The summed E-state index contributed by atoms with van der Waals surface area (Å²) in [6.45, 7) is 5.71. The summed E-state index contributed by atoms with van der Waals surface area (Å²) in [5, 5.41) is 0. The highest BCUT2D eigenvalue weighted by Crippen LogP contribution is 2.22. The number of hydrogen-bond acceptors (Lipinski definition) is 3.